The van der Waals surface area contributed by atoms with E-state index < -0.39 is 0 Å². The normalized spacial score (nSPS) is 16.0. The van der Waals surface area contributed by atoms with Crippen LogP contribution in [0.4, 0.5) is 5.69 Å². The number of carbonyl (C=O) groups is 2. The molecule has 3 aromatic rings. The second-order valence-electron chi connectivity index (χ2n) is 7.00. The van der Waals surface area contributed by atoms with Gasteiger partial charge in [-0.25, -0.2) is 0 Å². The highest BCUT2D eigenvalue weighted by molar-refractivity contribution is 6.02. The molecule has 142 valence electrons. The Morgan fingerprint density at radius 3 is 2.68 bits per heavy atom. The van der Waals surface area contributed by atoms with Crippen LogP contribution in [-0.4, -0.2) is 18.4 Å². The smallest absolute Gasteiger partial charge is 0.291 e. The van der Waals surface area contributed by atoms with Gasteiger partial charge in [-0.2, -0.15) is 0 Å². The van der Waals surface area contributed by atoms with E-state index >= 15 is 0 Å². The van der Waals surface area contributed by atoms with Gasteiger partial charge in [0, 0.05) is 30.1 Å². The minimum absolute atomic E-state index is 0.0644. The van der Waals surface area contributed by atoms with E-state index in [0.29, 0.717) is 24.4 Å². The van der Waals surface area contributed by atoms with E-state index in [9.17, 15) is 9.59 Å². The monoisotopic (exact) mass is 374 g/mol. The molecule has 2 heterocycles. The minimum atomic E-state index is -0.297. The SMILES string of the molecule is CCc1ccc(-c2ccc(C(=O)Nc3cccc(C4CNC(=O)C4)c3)o2)cc1. The van der Waals surface area contributed by atoms with Crippen molar-refractivity contribution in [3.63, 3.8) is 0 Å². The van der Waals surface area contributed by atoms with Crippen LogP contribution >= 0.6 is 0 Å². The maximum atomic E-state index is 12.6. The number of hydrogen-bond donors (Lipinski definition) is 2. The Kier molecular flexibility index (Phi) is 4.98. The lowest BCUT2D eigenvalue weighted by Gasteiger charge is -2.10. The highest BCUT2D eigenvalue weighted by atomic mass is 16.3. The Morgan fingerprint density at radius 1 is 1.14 bits per heavy atom. The summed E-state index contributed by atoms with van der Waals surface area (Å²) in [5.74, 6) is 0.837. The molecule has 0 saturated carbocycles. The van der Waals surface area contributed by atoms with Crippen LogP contribution in [0.25, 0.3) is 11.3 Å². The van der Waals surface area contributed by atoms with Crippen LogP contribution in [-0.2, 0) is 11.2 Å². The number of carbonyl (C=O) groups excluding carboxylic acids is 2. The molecule has 4 rings (SSSR count). The maximum Gasteiger partial charge on any atom is 0.291 e. The van der Waals surface area contributed by atoms with E-state index in [-0.39, 0.29) is 23.5 Å². The first kappa shape index (κ1) is 18.0. The highest BCUT2D eigenvalue weighted by Gasteiger charge is 2.23. The molecule has 1 atom stereocenters. The lowest BCUT2D eigenvalue weighted by molar-refractivity contribution is -0.119. The molecule has 1 fully saturated rings. The summed E-state index contributed by atoms with van der Waals surface area (Å²) >= 11 is 0. The van der Waals surface area contributed by atoms with Crippen molar-refractivity contribution in [2.24, 2.45) is 0 Å². The molecule has 2 amide bonds. The molecule has 5 nitrogen and oxygen atoms in total. The number of aryl methyl sites for hydroxylation is 1. The molecule has 1 aromatic heterocycles. The van der Waals surface area contributed by atoms with Gasteiger partial charge in [0.15, 0.2) is 5.76 Å². The number of anilines is 1. The predicted octanol–water partition coefficient (Wildman–Crippen LogP) is 4.36. The summed E-state index contributed by atoms with van der Waals surface area (Å²) in [6.07, 6.45) is 1.46. The summed E-state index contributed by atoms with van der Waals surface area (Å²) in [7, 11) is 0. The van der Waals surface area contributed by atoms with Gasteiger partial charge in [-0.1, -0.05) is 43.3 Å². The van der Waals surface area contributed by atoms with Crippen LogP contribution < -0.4 is 10.6 Å². The predicted molar refractivity (Wildman–Crippen MR) is 108 cm³/mol. The average molecular weight is 374 g/mol. The molecule has 0 aliphatic carbocycles. The van der Waals surface area contributed by atoms with Crippen molar-refractivity contribution in [3.05, 3.63) is 77.6 Å². The van der Waals surface area contributed by atoms with Crippen LogP contribution in [0.1, 0.15) is 40.9 Å². The highest BCUT2D eigenvalue weighted by Crippen LogP contribution is 2.26. The molecule has 2 aromatic carbocycles. The lowest BCUT2D eigenvalue weighted by Crippen LogP contribution is -2.13. The first-order chi connectivity index (χ1) is 13.6. The topological polar surface area (TPSA) is 71.3 Å². The second-order valence-corrected chi connectivity index (χ2v) is 7.00. The Morgan fingerprint density at radius 2 is 1.96 bits per heavy atom. The number of amides is 2. The molecule has 0 spiro atoms. The first-order valence-electron chi connectivity index (χ1n) is 9.49. The first-order valence-corrected chi connectivity index (χ1v) is 9.49. The molecule has 1 aliphatic rings. The molecular weight excluding hydrogens is 352 g/mol. The number of hydrogen-bond acceptors (Lipinski definition) is 3. The van der Waals surface area contributed by atoms with E-state index in [1.807, 2.05) is 42.5 Å². The number of rotatable bonds is 5. The Hall–Kier alpha value is -3.34. The fraction of sp³-hybridized carbons (Fsp3) is 0.217. The van der Waals surface area contributed by atoms with Crippen LogP contribution in [0.5, 0.6) is 0 Å². The molecule has 28 heavy (non-hydrogen) atoms. The summed E-state index contributed by atoms with van der Waals surface area (Å²) in [5, 5.41) is 5.72. The van der Waals surface area contributed by atoms with Gasteiger partial charge >= 0.3 is 0 Å². The maximum absolute atomic E-state index is 12.6. The van der Waals surface area contributed by atoms with Crippen molar-refractivity contribution in [1.82, 2.24) is 5.32 Å². The zero-order valence-electron chi connectivity index (χ0n) is 15.7. The summed E-state index contributed by atoms with van der Waals surface area (Å²) in [4.78, 5) is 24.0. The fourth-order valence-corrected chi connectivity index (χ4v) is 3.42. The summed E-state index contributed by atoms with van der Waals surface area (Å²) in [6, 6.07) is 19.2. The van der Waals surface area contributed by atoms with Gasteiger partial charge in [-0.05, 0) is 41.8 Å². The number of furan rings is 1. The molecular formula is C23H22N2O3. The number of nitrogens with one attached hydrogen (secondary N) is 2. The second kappa shape index (κ2) is 7.72. The Labute approximate surface area is 163 Å². The number of benzene rings is 2. The quantitative estimate of drug-likeness (QED) is 0.697. The van der Waals surface area contributed by atoms with Crippen molar-refractivity contribution in [2.75, 3.05) is 11.9 Å². The van der Waals surface area contributed by atoms with Crippen molar-refractivity contribution < 1.29 is 14.0 Å². The molecule has 1 unspecified atom stereocenters. The van der Waals surface area contributed by atoms with E-state index in [0.717, 1.165) is 17.5 Å². The fourth-order valence-electron chi connectivity index (χ4n) is 3.42. The van der Waals surface area contributed by atoms with Crippen LogP contribution in [0.15, 0.2) is 65.1 Å². The van der Waals surface area contributed by atoms with Crippen molar-refractivity contribution in [2.45, 2.75) is 25.7 Å². The summed E-state index contributed by atoms with van der Waals surface area (Å²) in [5.41, 5.74) is 3.92. The van der Waals surface area contributed by atoms with Gasteiger partial charge < -0.3 is 15.1 Å². The van der Waals surface area contributed by atoms with Crippen LogP contribution in [0.2, 0.25) is 0 Å². The third kappa shape index (κ3) is 3.83. The third-order valence-corrected chi connectivity index (χ3v) is 5.07. The standard InChI is InChI=1S/C23H22N2O3/c1-2-15-6-8-16(9-7-15)20-10-11-21(28-20)23(27)25-19-5-3-4-17(12-19)18-13-22(26)24-14-18/h3-12,18H,2,13-14H2,1H3,(H,24,26)(H,25,27). The van der Waals surface area contributed by atoms with Gasteiger partial charge in [-0.15, -0.1) is 0 Å². The molecule has 0 radical (unpaired) electrons. The summed E-state index contributed by atoms with van der Waals surface area (Å²) < 4.78 is 5.75. The van der Waals surface area contributed by atoms with E-state index in [4.69, 9.17) is 4.42 Å². The lowest BCUT2D eigenvalue weighted by atomic mass is 9.98. The molecule has 1 saturated heterocycles. The molecule has 0 bridgehead atoms. The van der Waals surface area contributed by atoms with Crippen LogP contribution in [0.3, 0.4) is 0 Å². The zero-order chi connectivity index (χ0) is 19.5. The van der Waals surface area contributed by atoms with E-state index in [2.05, 4.69) is 29.7 Å². The summed E-state index contributed by atoms with van der Waals surface area (Å²) in [6.45, 7) is 2.75. The van der Waals surface area contributed by atoms with Crippen molar-refractivity contribution >= 4 is 17.5 Å². The van der Waals surface area contributed by atoms with Crippen molar-refractivity contribution in [1.29, 1.82) is 0 Å². The Balaban J connectivity index is 1.47. The third-order valence-electron chi connectivity index (χ3n) is 5.07. The Bertz CT molecular complexity index is 1000. The zero-order valence-corrected chi connectivity index (χ0v) is 15.7. The van der Waals surface area contributed by atoms with Gasteiger partial charge in [0.05, 0.1) is 0 Å². The van der Waals surface area contributed by atoms with Gasteiger partial charge in [-0.3, -0.25) is 9.59 Å². The van der Waals surface area contributed by atoms with E-state index in [1.54, 1.807) is 6.07 Å². The van der Waals surface area contributed by atoms with Gasteiger partial charge in [0.2, 0.25) is 5.91 Å². The largest absolute Gasteiger partial charge is 0.451 e. The van der Waals surface area contributed by atoms with Gasteiger partial charge in [0.25, 0.3) is 5.91 Å². The molecule has 2 N–H and O–H groups in total. The van der Waals surface area contributed by atoms with Gasteiger partial charge in [0.1, 0.15) is 5.76 Å². The average Bonchev–Trinajstić information content (AvgIpc) is 3.38. The minimum Gasteiger partial charge on any atom is -0.451 e. The van der Waals surface area contributed by atoms with E-state index in [1.165, 1.54) is 5.56 Å². The molecule has 5 heteroatoms. The van der Waals surface area contributed by atoms with Crippen molar-refractivity contribution in [3.8, 4) is 11.3 Å². The molecule has 1 aliphatic heterocycles. The van der Waals surface area contributed by atoms with Crippen LogP contribution in [0, 0.1) is 0 Å².